The van der Waals surface area contributed by atoms with E-state index in [1.807, 2.05) is 0 Å². The highest BCUT2D eigenvalue weighted by Crippen LogP contribution is 2.31. The van der Waals surface area contributed by atoms with Crippen LogP contribution in [0.1, 0.15) is 35.3 Å². The number of rotatable bonds is 3. The van der Waals surface area contributed by atoms with E-state index in [0.717, 1.165) is 24.8 Å². The van der Waals surface area contributed by atoms with E-state index >= 15 is 0 Å². The zero-order valence-corrected chi connectivity index (χ0v) is 17.4. The summed E-state index contributed by atoms with van der Waals surface area (Å²) >= 11 is 0. The molecule has 2 aliphatic heterocycles. The molecule has 0 bridgehead atoms. The quantitative estimate of drug-likeness (QED) is 0.590. The van der Waals surface area contributed by atoms with Crippen LogP contribution in [0.25, 0.3) is 10.9 Å². The molecule has 0 spiro atoms. The number of fused-ring (bicyclic) bond motifs is 2. The van der Waals surface area contributed by atoms with Crippen LogP contribution in [0.5, 0.6) is 11.6 Å². The van der Waals surface area contributed by atoms with Crippen LogP contribution in [0.3, 0.4) is 0 Å². The number of hydrogen-bond acceptors (Lipinski definition) is 5. The number of nitrogens with zero attached hydrogens (tertiary/aromatic N) is 4. The van der Waals surface area contributed by atoms with E-state index in [9.17, 15) is 22.8 Å². The number of amides is 2. The number of benzene rings is 1. The van der Waals surface area contributed by atoms with Crippen LogP contribution < -0.4 is 4.74 Å². The minimum atomic E-state index is -4.46. The normalized spacial score (nSPS) is 18.5. The number of alkyl halides is 3. The van der Waals surface area contributed by atoms with Crippen LogP contribution in [0, 0.1) is 0 Å². The van der Waals surface area contributed by atoms with E-state index in [2.05, 4.69) is 9.97 Å². The summed E-state index contributed by atoms with van der Waals surface area (Å²) in [5, 5.41) is 0.701. The molecule has 1 aromatic carbocycles. The molecule has 170 valence electrons. The van der Waals surface area contributed by atoms with Crippen molar-refractivity contribution in [2.24, 2.45) is 0 Å². The van der Waals surface area contributed by atoms with Crippen molar-refractivity contribution in [3.05, 3.63) is 59.9 Å². The fourth-order valence-corrected chi connectivity index (χ4v) is 4.28. The van der Waals surface area contributed by atoms with Gasteiger partial charge in [0, 0.05) is 37.2 Å². The van der Waals surface area contributed by atoms with E-state index in [1.165, 1.54) is 0 Å². The molecule has 2 aliphatic rings. The average molecular weight is 456 g/mol. The average Bonchev–Trinajstić information content (AvgIpc) is 3.19. The van der Waals surface area contributed by atoms with E-state index in [4.69, 9.17) is 4.74 Å². The largest absolute Gasteiger partial charge is 0.439 e. The molecule has 7 nitrogen and oxygen atoms in total. The molecule has 0 N–H and O–H groups in total. The lowest BCUT2D eigenvalue weighted by Crippen LogP contribution is -2.54. The summed E-state index contributed by atoms with van der Waals surface area (Å²) in [7, 11) is 0. The van der Waals surface area contributed by atoms with Gasteiger partial charge in [-0.15, -0.1) is 0 Å². The van der Waals surface area contributed by atoms with Crippen LogP contribution in [0.4, 0.5) is 13.2 Å². The molecule has 1 unspecified atom stereocenters. The van der Waals surface area contributed by atoms with Crippen molar-refractivity contribution >= 4 is 22.7 Å². The lowest BCUT2D eigenvalue weighted by atomic mass is 10.1. The minimum Gasteiger partial charge on any atom is -0.439 e. The van der Waals surface area contributed by atoms with Gasteiger partial charge in [0.15, 0.2) is 0 Å². The lowest BCUT2D eigenvalue weighted by Gasteiger charge is -2.39. The third-order valence-electron chi connectivity index (χ3n) is 5.88. The van der Waals surface area contributed by atoms with Gasteiger partial charge in [0.05, 0.1) is 11.1 Å². The first-order chi connectivity index (χ1) is 15.8. The van der Waals surface area contributed by atoms with Gasteiger partial charge in [-0.05, 0) is 43.2 Å². The summed E-state index contributed by atoms with van der Waals surface area (Å²) in [5.41, 5.74) is 0.0141. The molecule has 5 rings (SSSR count). The maximum absolute atomic E-state index is 13.1. The summed E-state index contributed by atoms with van der Waals surface area (Å²) in [6.45, 7) is 1.26. The number of halogens is 3. The first-order valence-corrected chi connectivity index (χ1v) is 10.5. The first kappa shape index (κ1) is 21.2. The highest BCUT2D eigenvalue weighted by atomic mass is 19.4. The molecule has 3 aromatic rings. The maximum Gasteiger partial charge on any atom is 0.417 e. The van der Waals surface area contributed by atoms with Crippen molar-refractivity contribution in [3.8, 4) is 11.6 Å². The van der Waals surface area contributed by atoms with Crippen molar-refractivity contribution < 1.29 is 27.5 Å². The fourth-order valence-electron chi connectivity index (χ4n) is 4.28. The van der Waals surface area contributed by atoms with Crippen LogP contribution in [0.15, 0.2) is 48.7 Å². The number of ether oxygens (including phenoxy) is 1. The van der Waals surface area contributed by atoms with Crippen molar-refractivity contribution in [2.45, 2.75) is 31.6 Å². The molecule has 33 heavy (non-hydrogen) atoms. The third kappa shape index (κ3) is 4.08. The Kier molecular flexibility index (Phi) is 5.15. The summed E-state index contributed by atoms with van der Waals surface area (Å²) in [6, 6.07) is 10.4. The van der Waals surface area contributed by atoms with E-state index in [1.54, 1.807) is 40.1 Å². The van der Waals surface area contributed by atoms with Crippen molar-refractivity contribution in [3.63, 3.8) is 0 Å². The number of hydrogen-bond donors (Lipinski definition) is 0. The van der Waals surface area contributed by atoms with Crippen LogP contribution in [-0.2, 0) is 11.0 Å². The van der Waals surface area contributed by atoms with E-state index < -0.39 is 11.7 Å². The zero-order chi connectivity index (χ0) is 23.2. The Hall–Kier alpha value is -3.69. The zero-order valence-electron chi connectivity index (χ0n) is 17.4. The smallest absolute Gasteiger partial charge is 0.417 e. The summed E-state index contributed by atoms with van der Waals surface area (Å²) in [5.74, 6) is 0.282. The molecule has 0 radical (unpaired) electrons. The SMILES string of the molecule is O=C1CCC2N1CCCN2C(=O)c1ccc2cc(Oc3ccc(C(F)(F)F)cn3)ccc2n1. The highest BCUT2D eigenvalue weighted by molar-refractivity contribution is 5.96. The molecular formula is C23H19F3N4O3. The van der Waals surface area contributed by atoms with Crippen molar-refractivity contribution in [1.29, 1.82) is 0 Å². The Labute approximate surface area is 186 Å². The van der Waals surface area contributed by atoms with Crippen LogP contribution >= 0.6 is 0 Å². The topological polar surface area (TPSA) is 75.6 Å². The first-order valence-electron chi connectivity index (χ1n) is 10.5. The van der Waals surface area contributed by atoms with Gasteiger partial charge < -0.3 is 14.5 Å². The highest BCUT2D eigenvalue weighted by Gasteiger charge is 2.40. The number of aromatic nitrogens is 2. The Morgan fingerprint density at radius 2 is 1.94 bits per heavy atom. The van der Waals surface area contributed by atoms with Gasteiger partial charge in [-0.2, -0.15) is 13.2 Å². The van der Waals surface area contributed by atoms with Gasteiger partial charge in [-0.3, -0.25) is 9.59 Å². The summed E-state index contributed by atoms with van der Waals surface area (Å²) < 4.78 is 43.6. The lowest BCUT2D eigenvalue weighted by molar-refractivity contribution is -0.138. The Balaban J connectivity index is 1.34. The predicted octanol–water partition coefficient (Wildman–Crippen LogP) is 4.24. The molecule has 2 saturated heterocycles. The fraction of sp³-hybridized carbons (Fsp3) is 0.304. The number of pyridine rings is 2. The molecular weight excluding hydrogens is 437 g/mol. The number of carbonyl (C=O) groups excluding carboxylic acids is 2. The molecule has 0 saturated carbocycles. The molecule has 0 aliphatic carbocycles. The van der Waals surface area contributed by atoms with Gasteiger partial charge >= 0.3 is 6.18 Å². The van der Waals surface area contributed by atoms with Crippen molar-refractivity contribution in [2.75, 3.05) is 13.1 Å². The van der Waals surface area contributed by atoms with E-state index in [0.29, 0.717) is 48.3 Å². The second-order valence-corrected chi connectivity index (χ2v) is 7.99. The Morgan fingerprint density at radius 3 is 2.70 bits per heavy atom. The van der Waals surface area contributed by atoms with Gasteiger partial charge in [-0.25, -0.2) is 9.97 Å². The predicted molar refractivity (Wildman–Crippen MR) is 111 cm³/mol. The van der Waals surface area contributed by atoms with Gasteiger partial charge in [0.2, 0.25) is 11.8 Å². The molecule has 10 heteroatoms. The van der Waals surface area contributed by atoms with Gasteiger partial charge in [0.25, 0.3) is 5.91 Å². The van der Waals surface area contributed by atoms with Crippen LogP contribution in [0.2, 0.25) is 0 Å². The standard InChI is InChI=1S/C23H19F3N4O3/c24-23(25,26)15-3-7-19(27-13-15)33-16-4-6-17-14(12-16)2-5-18(28-17)22(32)30-11-1-10-29-20(30)8-9-21(29)31/h2-7,12-13,20H,1,8-11H2. The van der Waals surface area contributed by atoms with Crippen LogP contribution in [-0.4, -0.2) is 50.8 Å². The third-order valence-corrected chi connectivity index (χ3v) is 5.88. The molecule has 2 amide bonds. The molecule has 2 aromatic heterocycles. The molecule has 1 atom stereocenters. The van der Waals surface area contributed by atoms with Gasteiger partial charge in [-0.1, -0.05) is 6.07 Å². The summed E-state index contributed by atoms with van der Waals surface area (Å²) in [4.78, 5) is 36.8. The van der Waals surface area contributed by atoms with E-state index in [-0.39, 0.29) is 23.9 Å². The van der Waals surface area contributed by atoms with Gasteiger partial charge in [0.1, 0.15) is 17.6 Å². The Morgan fingerprint density at radius 1 is 1.09 bits per heavy atom. The monoisotopic (exact) mass is 456 g/mol. The summed E-state index contributed by atoms with van der Waals surface area (Å²) in [6.07, 6.45) is -2.12. The molecule has 4 heterocycles. The number of carbonyl (C=O) groups is 2. The maximum atomic E-state index is 13.1. The second kappa shape index (κ2) is 8.02. The second-order valence-electron chi connectivity index (χ2n) is 7.99. The Bertz CT molecular complexity index is 1230. The minimum absolute atomic E-state index is 0.0304. The molecule has 2 fully saturated rings. The van der Waals surface area contributed by atoms with Crippen molar-refractivity contribution in [1.82, 2.24) is 19.8 Å².